The first-order valence-corrected chi connectivity index (χ1v) is 8.61. The van der Waals surface area contributed by atoms with Crippen LogP contribution in [0.5, 0.6) is 5.88 Å². The zero-order chi connectivity index (χ0) is 18.5. The Bertz CT molecular complexity index is 843. The van der Waals surface area contributed by atoms with Gasteiger partial charge in [-0.2, -0.15) is 0 Å². The Labute approximate surface area is 150 Å². The van der Waals surface area contributed by atoms with Gasteiger partial charge in [-0.3, -0.25) is 4.79 Å². The fraction of sp³-hybridized carbons (Fsp3) is 0.368. The van der Waals surface area contributed by atoms with Crippen LogP contribution in [0, 0.1) is 17.7 Å². The van der Waals surface area contributed by atoms with E-state index < -0.39 is 11.4 Å². The fourth-order valence-electron chi connectivity index (χ4n) is 3.45. The van der Waals surface area contributed by atoms with Crippen LogP contribution in [-0.2, 0) is 10.3 Å². The van der Waals surface area contributed by atoms with Crippen molar-refractivity contribution in [3.8, 4) is 17.1 Å². The zero-order valence-corrected chi connectivity index (χ0v) is 14.4. The summed E-state index contributed by atoms with van der Waals surface area (Å²) in [5.74, 6) is 0.414. The number of fused-ring (bicyclic) bond motifs is 1. The molecule has 0 bridgehead atoms. The number of hydrogen-bond donors (Lipinski definition) is 3. The van der Waals surface area contributed by atoms with Crippen LogP contribution in [0.25, 0.3) is 11.3 Å². The highest BCUT2D eigenvalue weighted by Crippen LogP contribution is 2.44. The van der Waals surface area contributed by atoms with Crippen molar-refractivity contribution in [1.82, 2.24) is 10.3 Å². The molecule has 2 aliphatic rings. The summed E-state index contributed by atoms with van der Waals surface area (Å²) < 4.78 is 19.3. The number of primary amides is 1. The quantitative estimate of drug-likeness (QED) is 0.745. The number of hydrogen-bond acceptors (Lipinski definition) is 5. The number of aromatic nitrogens is 1. The summed E-state index contributed by atoms with van der Waals surface area (Å²) in [6.07, 6.45) is 0.123. The van der Waals surface area contributed by atoms with Crippen LogP contribution in [0.4, 0.5) is 4.39 Å². The Morgan fingerprint density at radius 1 is 1.27 bits per heavy atom. The molecule has 2 heterocycles. The van der Waals surface area contributed by atoms with Gasteiger partial charge in [0.2, 0.25) is 11.8 Å². The van der Waals surface area contributed by atoms with E-state index in [1.165, 1.54) is 12.1 Å². The molecular formula is C19H21FN4O2. The topological polar surface area (TPSA) is 103 Å². The molecule has 26 heavy (non-hydrogen) atoms. The lowest BCUT2D eigenvalue weighted by Crippen LogP contribution is -2.46. The van der Waals surface area contributed by atoms with Gasteiger partial charge in [-0.1, -0.05) is 0 Å². The first-order valence-electron chi connectivity index (χ1n) is 8.61. The smallest absolute Gasteiger partial charge is 0.241 e. The van der Waals surface area contributed by atoms with Crippen molar-refractivity contribution in [2.45, 2.75) is 18.6 Å². The van der Waals surface area contributed by atoms with Gasteiger partial charge in [-0.05, 0) is 42.8 Å². The highest BCUT2D eigenvalue weighted by molar-refractivity contribution is 5.86. The Kier molecular flexibility index (Phi) is 3.93. The van der Waals surface area contributed by atoms with Crippen molar-refractivity contribution < 1.29 is 13.9 Å². The van der Waals surface area contributed by atoms with E-state index in [1.54, 1.807) is 31.2 Å². The van der Waals surface area contributed by atoms with Gasteiger partial charge >= 0.3 is 0 Å². The van der Waals surface area contributed by atoms with Crippen molar-refractivity contribution in [3.05, 3.63) is 47.8 Å². The number of carbonyl (C=O) groups is 1. The van der Waals surface area contributed by atoms with Crippen molar-refractivity contribution in [1.29, 1.82) is 0 Å². The fourth-order valence-corrected chi connectivity index (χ4v) is 3.45. The summed E-state index contributed by atoms with van der Waals surface area (Å²) in [6, 6.07) is 9.32. The molecule has 1 aliphatic heterocycles. The Balaban J connectivity index is 1.71. The van der Waals surface area contributed by atoms with Crippen molar-refractivity contribution in [3.63, 3.8) is 0 Å². The molecule has 1 aliphatic carbocycles. The molecule has 4 atom stereocenters. The van der Waals surface area contributed by atoms with E-state index in [2.05, 4.69) is 10.3 Å². The van der Waals surface area contributed by atoms with Crippen LogP contribution in [-0.4, -0.2) is 30.1 Å². The van der Waals surface area contributed by atoms with Crippen LogP contribution >= 0.6 is 0 Å². The first kappa shape index (κ1) is 16.9. The minimum atomic E-state index is -1.36. The maximum Gasteiger partial charge on any atom is 0.241 e. The Morgan fingerprint density at radius 2 is 1.92 bits per heavy atom. The molecule has 1 aromatic carbocycles. The lowest BCUT2D eigenvalue weighted by Gasteiger charge is -2.22. The number of carbonyl (C=O) groups excluding carboxylic acids is 1. The van der Waals surface area contributed by atoms with Gasteiger partial charge in [-0.25, -0.2) is 9.37 Å². The van der Waals surface area contributed by atoms with Crippen LogP contribution in [0.3, 0.4) is 0 Å². The molecule has 136 valence electrons. The average Bonchev–Trinajstić information content (AvgIpc) is 3.03. The number of amides is 1. The molecule has 2 aromatic rings. The molecule has 1 aromatic heterocycles. The second-order valence-corrected chi connectivity index (χ2v) is 7.22. The number of ether oxygens (including phenoxy) is 1. The molecular weight excluding hydrogens is 335 g/mol. The predicted octanol–water partition coefficient (Wildman–Crippen LogP) is 1.14. The minimum absolute atomic E-state index is 0.123. The number of halogens is 1. The largest absolute Gasteiger partial charge is 0.474 e. The summed E-state index contributed by atoms with van der Waals surface area (Å²) in [6.45, 7) is 3.43. The highest BCUT2D eigenvalue weighted by atomic mass is 19.1. The average molecular weight is 356 g/mol. The van der Waals surface area contributed by atoms with Crippen molar-refractivity contribution >= 4 is 5.91 Å². The molecule has 0 radical (unpaired) electrons. The lowest BCUT2D eigenvalue weighted by molar-refractivity contribution is -0.122. The van der Waals surface area contributed by atoms with Gasteiger partial charge in [0.25, 0.3) is 0 Å². The summed E-state index contributed by atoms with van der Waals surface area (Å²) >= 11 is 0. The van der Waals surface area contributed by atoms with E-state index in [0.717, 1.165) is 13.1 Å². The minimum Gasteiger partial charge on any atom is -0.474 e. The van der Waals surface area contributed by atoms with Gasteiger partial charge in [0.1, 0.15) is 17.5 Å². The number of piperidine rings is 1. The highest BCUT2D eigenvalue weighted by Gasteiger charge is 2.55. The summed E-state index contributed by atoms with van der Waals surface area (Å²) in [7, 11) is 0. The SMILES string of the molecule is CC(N)(C(N)=O)c1cc(O[C@@H]2[C@@H]3CNC[C@@H]32)nc(-c2ccc(F)cc2)c1. The number of nitrogens with zero attached hydrogens (tertiary/aromatic N) is 1. The first-order chi connectivity index (χ1) is 12.4. The maximum absolute atomic E-state index is 13.2. The van der Waals surface area contributed by atoms with E-state index in [0.29, 0.717) is 34.5 Å². The second-order valence-electron chi connectivity index (χ2n) is 7.22. The molecule has 6 nitrogen and oxygen atoms in total. The van der Waals surface area contributed by atoms with E-state index in [-0.39, 0.29) is 11.9 Å². The Morgan fingerprint density at radius 3 is 2.54 bits per heavy atom. The molecule has 7 heteroatoms. The Hall–Kier alpha value is -2.51. The normalized spacial score (nSPS) is 26.0. The van der Waals surface area contributed by atoms with E-state index >= 15 is 0 Å². The lowest BCUT2D eigenvalue weighted by atomic mass is 9.92. The monoisotopic (exact) mass is 356 g/mol. The van der Waals surface area contributed by atoms with Gasteiger partial charge in [0.05, 0.1) is 5.69 Å². The molecule has 4 rings (SSSR count). The van der Waals surface area contributed by atoms with E-state index in [1.807, 2.05) is 0 Å². The summed E-state index contributed by atoms with van der Waals surface area (Å²) in [5, 5.41) is 3.31. The number of nitrogens with one attached hydrogen (secondary N) is 1. The molecule has 1 unspecified atom stereocenters. The number of benzene rings is 1. The van der Waals surface area contributed by atoms with Gasteiger partial charge < -0.3 is 21.5 Å². The molecule has 1 amide bonds. The number of nitrogens with two attached hydrogens (primary N) is 2. The van der Waals surface area contributed by atoms with Crippen LogP contribution < -0.4 is 21.5 Å². The molecule has 2 fully saturated rings. The van der Waals surface area contributed by atoms with E-state index in [9.17, 15) is 9.18 Å². The molecule has 0 spiro atoms. The van der Waals surface area contributed by atoms with Crippen LogP contribution in [0.2, 0.25) is 0 Å². The summed E-state index contributed by atoms with van der Waals surface area (Å²) in [4.78, 5) is 16.3. The van der Waals surface area contributed by atoms with Crippen LogP contribution in [0.1, 0.15) is 12.5 Å². The third-order valence-corrected chi connectivity index (χ3v) is 5.32. The van der Waals surface area contributed by atoms with Gasteiger partial charge in [0.15, 0.2) is 0 Å². The second kappa shape index (κ2) is 6.03. The van der Waals surface area contributed by atoms with E-state index in [4.69, 9.17) is 16.2 Å². The third-order valence-electron chi connectivity index (χ3n) is 5.32. The standard InChI is InChI=1S/C19H21FN4O2/c1-19(22,18(21)25)11-6-15(10-2-4-12(20)5-3-10)24-16(7-11)26-17-13-8-23-9-14(13)17/h2-7,13-14,17,23H,8-9,22H2,1H3,(H2,21,25)/t13-,14+,17-,19?. The molecule has 1 saturated heterocycles. The zero-order valence-electron chi connectivity index (χ0n) is 14.4. The predicted molar refractivity (Wildman–Crippen MR) is 94.6 cm³/mol. The third kappa shape index (κ3) is 2.93. The molecule has 5 N–H and O–H groups in total. The number of rotatable bonds is 5. The van der Waals surface area contributed by atoms with Gasteiger partial charge in [-0.15, -0.1) is 0 Å². The molecule has 1 saturated carbocycles. The summed E-state index contributed by atoms with van der Waals surface area (Å²) in [5.41, 5.74) is 12.0. The maximum atomic E-state index is 13.2. The number of pyridine rings is 1. The van der Waals surface area contributed by atoms with Gasteiger partial charge in [0, 0.05) is 36.6 Å². The van der Waals surface area contributed by atoms with Crippen LogP contribution in [0.15, 0.2) is 36.4 Å². The van der Waals surface area contributed by atoms with Crippen molar-refractivity contribution in [2.24, 2.45) is 23.3 Å². The van der Waals surface area contributed by atoms with Crippen molar-refractivity contribution in [2.75, 3.05) is 13.1 Å².